The number of rotatable bonds is 4. The van der Waals surface area contributed by atoms with Crippen molar-refractivity contribution in [2.24, 2.45) is 5.92 Å². The molecule has 0 saturated carbocycles. The molecular formula is C16H33N3. The molecule has 2 heterocycles. The zero-order valence-corrected chi connectivity index (χ0v) is 13.2. The van der Waals surface area contributed by atoms with Crippen LogP contribution in [0.4, 0.5) is 0 Å². The molecule has 2 fully saturated rings. The molecule has 3 unspecified atom stereocenters. The van der Waals surface area contributed by atoms with E-state index in [0.717, 1.165) is 18.0 Å². The van der Waals surface area contributed by atoms with Crippen molar-refractivity contribution in [2.75, 3.05) is 39.8 Å². The van der Waals surface area contributed by atoms with Gasteiger partial charge in [-0.15, -0.1) is 0 Å². The molecule has 0 bridgehead atoms. The summed E-state index contributed by atoms with van der Waals surface area (Å²) in [5.41, 5.74) is 0. The Morgan fingerprint density at radius 2 is 2.00 bits per heavy atom. The van der Waals surface area contributed by atoms with Crippen LogP contribution in [0.25, 0.3) is 0 Å². The van der Waals surface area contributed by atoms with Gasteiger partial charge in [-0.25, -0.2) is 0 Å². The van der Waals surface area contributed by atoms with Crippen LogP contribution in [0.1, 0.15) is 46.0 Å². The predicted octanol–water partition coefficient (Wildman–Crippen LogP) is 2.18. The molecule has 1 N–H and O–H groups in total. The number of likely N-dealkylation sites (N-methyl/N-ethyl adjacent to an activating group) is 1. The smallest absolute Gasteiger partial charge is 0.0221 e. The van der Waals surface area contributed by atoms with Crippen molar-refractivity contribution >= 4 is 0 Å². The van der Waals surface area contributed by atoms with E-state index in [1.807, 2.05) is 0 Å². The minimum absolute atomic E-state index is 0.733. The Balaban J connectivity index is 1.88. The van der Waals surface area contributed by atoms with Crippen molar-refractivity contribution in [3.8, 4) is 0 Å². The molecule has 0 aliphatic carbocycles. The maximum absolute atomic E-state index is 3.75. The first kappa shape index (κ1) is 15.3. The first-order valence-electron chi connectivity index (χ1n) is 8.38. The number of nitrogens with one attached hydrogen (secondary N) is 1. The molecule has 2 aliphatic rings. The largest absolute Gasteiger partial charge is 0.313 e. The van der Waals surface area contributed by atoms with Gasteiger partial charge in [-0.3, -0.25) is 4.90 Å². The van der Waals surface area contributed by atoms with Crippen LogP contribution in [-0.2, 0) is 0 Å². The van der Waals surface area contributed by atoms with Crippen molar-refractivity contribution in [2.45, 2.75) is 58.0 Å². The summed E-state index contributed by atoms with van der Waals surface area (Å²) in [6.45, 7) is 11.0. The number of hydrogen-bond acceptors (Lipinski definition) is 3. The van der Waals surface area contributed by atoms with Crippen LogP contribution in [0.2, 0.25) is 0 Å². The quantitative estimate of drug-likeness (QED) is 0.842. The normalized spacial score (nSPS) is 35.2. The number of nitrogens with zero attached hydrogens (tertiary/aromatic N) is 2. The summed E-state index contributed by atoms with van der Waals surface area (Å²) in [5, 5.41) is 3.75. The molecule has 112 valence electrons. The molecule has 0 amide bonds. The Labute approximate surface area is 119 Å². The Morgan fingerprint density at radius 3 is 2.74 bits per heavy atom. The minimum atomic E-state index is 0.733. The molecule has 2 saturated heterocycles. The van der Waals surface area contributed by atoms with E-state index in [1.54, 1.807) is 0 Å². The van der Waals surface area contributed by atoms with Crippen molar-refractivity contribution in [1.29, 1.82) is 0 Å². The fourth-order valence-corrected chi connectivity index (χ4v) is 3.81. The lowest BCUT2D eigenvalue weighted by Gasteiger charge is -2.37. The lowest BCUT2D eigenvalue weighted by molar-refractivity contribution is 0.147. The summed E-state index contributed by atoms with van der Waals surface area (Å²) in [6, 6.07) is 1.49. The Kier molecular flexibility index (Phi) is 6.11. The van der Waals surface area contributed by atoms with Gasteiger partial charge in [-0.05, 0) is 58.3 Å². The molecule has 3 atom stereocenters. The highest BCUT2D eigenvalue weighted by Crippen LogP contribution is 2.21. The van der Waals surface area contributed by atoms with Gasteiger partial charge in [0.05, 0.1) is 0 Å². The second-order valence-electron chi connectivity index (χ2n) is 6.62. The summed E-state index contributed by atoms with van der Waals surface area (Å²) < 4.78 is 0. The van der Waals surface area contributed by atoms with Gasteiger partial charge in [0.2, 0.25) is 0 Å². The second-order valence-corrected chi connectivity index (χ2v) is 6.62. The summed E-state index contributed by atoms with van der Waals surface area (Å²) >= 11 is 0. The van der Waals surface area contributed by atoms with Crippen molar-refractivity contribution in [1.82, 2.24) is 15.1 Å². The highest BCUT2D eigenvalue weighted by molar-refractivity contribution is 4.85. The number of hydrogen-bond donors (Lipinski definition) is 1. The molecule has 2 rings (SSSR count). The standard InChI is InChI=1S/C16H33N3/c1-4-14-7-8-17-15(11-14)12-19-10-6-9-18(3)13-16(19)5-2/h14-17H,4-13H2,1-3H3. The summed E-state index contributed by atoms with van der Waals surface area (Å²) in [6.07, 6.45) is 6.75. The summed E-state index contributed by atoms with van der Waals surface area (Å²) in [7, 11) is 2.28. The van der Waals surface area contributed by atoms with Crippen LogP contribution in [0.3, 0.4) is 0 Å². The van der Waals surface area contributed by atoms with Crippen LogP contribution < -0.4 is 5.32 Å². The maximum Gasteiger partial charge on any atom is 0.0221 e. The Bertz CT molecular complexity index is 256. The molecule has 3 heteroatoms. The van der Waals surface area contributed by atoms with Gasteiger partial charge in [0, 0.05) is 25.2 Å². The monoisotopic (exact) mass is 267 g/mol. The van der Waals surface area contributed by atoms with Gasteiger partial charge in [0.25, 0.3) is 0 Å². The van der Waals surface area contributed by atoms with E-state index in [0.29, 0.717) is 0 Å². The Morgan fingerprint density at radius 1 is 1.16 bits per heavy atom. The van der Waals surface area contributed by atoms with Gasteiger partial charge >= 0.3 is 0 Å². The molecule has 2 aliphatic heterocycles. The van der Waals surface area contributed by atoms with Gasteiger partial charge < -0.3 is 10.2 Å². The highest BCUT2D eigenvalue weighted by Gasteiger charge is 2.27. The molecule has 0 aromatic rings. The van der Waals surface area contributed by atoms with Gasteiger partial charge in [0.15, 0.2) is 0 Å². The van der Waals surface area contributed by atoms with E-state index in [-0.39, 0.29) is 0 Å². The zero-order chi connectivity index (χ0) is 13.7. The van der Waals surface area contributed by atoms with E-state index in [9.17, 15) is 0 Å². The molecule has 0 radical (unpaired) electrons. The molecule has 0 aromatic heterocycles. The molecule has 0 spiro atoms. The molecule has 19 heavy (non-hydrogen) atoms. The third-order valence-electron chi connectivity index (χ3n) is 5.13. The lowest BCUT2D eigenvalue weighted by atomic mass is 9.90. The zero-order valence-electron chi connectivity index (χ0n) is 13.2. The molecule has 0 aromatic carbocycles. The van der Waals surface area contributed by atoms with Crippen molar-refractivity contribution < 1.29 is 0 Å². The number of piperidine rings is 1. The maximum atomic E-state index is 3.75. The minimum Gasteiger partial charge on any atom is -0.313 e. The third-order valence-corrected chi connectivity index (χ3v) is 5.13. The van der Waals surface area contributed by atoms with E-state index >= 15 is 0 Å². The summed E-state index contributed by atoms with van der Waals surface area (Å²) in [4.78, 5) is 5.27. The van der Waals surface area contributed by atoms with Gasteiger partial charge in [0.1, 0.15) is 0 Å². The summed E-state index contributed by atoms with van der Waals surface area (Å²) in [5.74, 6) is 0.959. The van der Waals surface area contributed by atoms with Crippen LogP contribution in [-0.4, -0.2) is 61.7 Å². The van der Waals surface area contributed by atoms with Crippen LogP contribution in [0, 0.1) is 5.92 Å². The average molecular weight is 267 g/mol. The first-order valence-corrected chi connectivity index (χ1v) is 8.38. The van der Waals surface area contributed by atoms with Crippen LogP contribution in [0.15, 0.2) is 0 Å². The van der Waals surface area contributed by atoms with Crippen molar-refractivity contribution in [3.05, 3.63) is 0 Å². The average Bonchev–Trinajstić information content (AvgIpc) is 2.60. The molecular weight excluding hydrogens is 234 g/mol. The van der Waals surface area contributed by atoms with E-state index < -0.39 is 0 Å². The lowest BCUT2D eigenvalue weighted by Crippen LogP contribution is -2.50. The first-order chi connectivity index (χ1) is 9.22. The van der Waals surface area contributed by atoms with Crippen molar-refractivity contribution in [3.63, 3.8) is 0 Å². The fourth-order valence-electron chi connectivity index (χ4n) is 3.81. The highest BCUT2D eigenvalue weighted by atomic mass is 15.2. The van der Waals surface area contributed by atoms with Crippen LogP contribution in [0.5, 0.6) is 0 Å². The second kappa shape index (κ2) is 7.61. The topological polar surface area (TPSA) is 18.5 Å². The van der Waals surface area contributed by atoms with E-state index in [4.69, 9.17) is 0 Å². The molecule has 3 nitrogen and oxygen atoms in total. The third kappa shape index (κ3) is 4.44. The van der Waals surface area contributed by atoms with Gasteiger partial charge in [-0.2, -0.15) is 0 Å². The van der Waals surface area contributed by atoms with E-state index in [1.165, 1.54) is 64.8 Å². The van der Waals surface area contributed by atoms with E-state index in [2.05, 4.69) is 36.0 Å². The Hall–Kier alpha value is -0.120. The predicted molar refractivity (Wildman–Crippen MR) is 82.6 cm³/mol. The van der Waals surface area contributed by atoms with Crippen LogP contribution >= 0.6 is 0 Å². The van der Waals surface area contributed by atoms with Gasteiger partial charge in [-0.1, -0.05) is 20.3 Å². The SMILES string of the molecule is CCC1CCNC(CN2CCCN(C)CC2CC)C1. The fraction of sp³-hybridized carbons (Fsp3) is 1.00.